The van der Waals surface area contributed by atoms with Gasteiger partial charge in [0.25, 0.3) is 0 Å². The van der Waals surface area contributed by atoms with Gasteiger partial charge >= 0.3 is 5.97 Å². The summed E-state index contributed by atoms with van der Waals surface area (Å²) in [4.78, 5) is 10.3. The van der Waals surface area contributed by atoms with Crippen molar-refractivity contribution in [3.8, 4) is 0 Å². The predicted octanol–water partition coefficient (Wildman–Crippen LogP) is 1.09. The number of rotatable bonds is 4. The predicted molar refractivity (Wildman–Crippen MR) is 49.0 cm³/mol. The number of carboxylic acids is 1. The molecular formula is C10H12NO2+. The zero-order valence-corrected chi connectivity index (χ0v) is 7.31. The summed E-state index contributed by atoms with van der Waals surface area (Å²) in [5, 5.41) is 8.50. The normalized spacial score (nSPS) is 9.54. The van der Waals surface area contributed by atoms with Crippen LogP contribution in [0.2, 0.25) is 0 Å². The molecule has 0 bridgehead atoms. The molecular weight excluding hydrogens is 166 g/mol. The van der Waals surface area contributed by atoms with Crippen molar-refractivity contribution >= 4 is 12.0 Å². The monoisotopic (exact) mass is 178 g/mol. The van der Waals surface area contributed by atoms with Gasteiger partial charge in [-0.25, -0.2) is 0 Å². The molecule has 0 aliphatic heterocycles. The van der Waals surface area contributed by atoms with Gasteiger partial charge in [0.05, 0.1) is 0 Å². The number of carboxylic acid groups (broad SMARTS) is 1. The molecule has 0 spiro atoms. The molecule has 1 N–H and O–H groups in total. The molecule has 13 heavy (non-hydrogen) atoms. The number of aliphatic carboxylic acids is 1. The highest BCUT2D eigenvalue weighted by molar-refractivity contribution is 5.66. The minimum absolute atomic E-state index is 0.134. The zero-order valence-electron chi connectivity index (χ0n) is 7.31. The number of pyridine rings is 1. The molecule has 0 fully saturated rings. The standard InChI is InChI=1S/C10H11NO2/c1-2-9-5-3-4-7-11(9)8-6-10(12)13/h2-5,7H,1,6,8H2/p+1. The van der Waals surface area contributed by atoms with Gasteiger partial charge in [-0.15, -0.1) is 0 Å². The van der Waals surface area contributed by atoms with Crippen LogP contribution in [-0.4, -0.2) is 11.1 Å². The lowest BCUT2D eigenvalue weighted by Gasteiger charge is -1.97. The maximum absolute atomic E-state index is 10.3. The van der Waals surface area contributed by atoms with Gasteiger partial charge in [0.2, 0.25) is 5.69 Å². The summed E-state index contributed by atoms with van der Waals surface area (Å²) in [6.45, 7) is 4.13. The third-order valence-corrected chi connectivity index (χ3v) is 1.75. The Kier molecular flexibility index (Phi) is 3.20. The molecule has 0 unspecified atom stereocenters. The molecule has 0 atom stereocenters. The van der Waals surface area contributed by atoms with E-state index in [1.165, 1.54) is 0 Å². The van der Waals surface area contributed by atoms with Crippen LogP contribution in [-0.2, 0) is 11.3 Å². The van der Waals surface area contributed by atoms with Crippen molar-refractivity contribution in [2.75, 3.05) is 0 Å². The lowest BCUT2D eigenvalue weighted by Crippen LogP contribution is -2.37. The van der Waals surface area contributed by atoms with Crippen LogP contribution < -0.4 is 4.57 Å². The zero-order chi connectivity index (χ0) is 9.68. The molecule has 0 amide bonds. The number of hydrogen-bond donors (Lipinski definition) is 1. The minimum atomic E-state index is -0.786. The summed E-state index contributed by atoms with van der Waals surface area (Å²) in [7, 11) is 0. The molecule has 0 aromatic carbocycles. The van der Waals surface area contributed by atoms with Crippen molar-refractivity contribution < 1.29 is 14.5 Å². The third kappa shape index (κ3) is 2.71. The SMILES string of the molecule is C=Cc1cccc[n+]1CCC(=O)O. The smallest absolute Gasteiger partial charge is 0.309 e. The second-order valence-corrected chi connectivity index (χ2v) is 2.67. The van der Waals surface area contributed by atoms with Gasteiger partial charge in [-0.2, -0.15) is 4.57 Å². The fraction of sp³-hybridized carbons (Fsp3) is 0.200. The van der Waals surface area contributed by atoms with Crippen LogP contribution in [0, 0.1) is 0 Å². The lowest BCUT2D eigenvalue weighted by molar-refractivity contribution is -0.697. The first kappa shape index (κ1) is 9.45. The first-order valence-corrected chi connectivity index (χ1v) is 4.06. The van der Waals surface area contributed by atoms with Crippen LogP contribution in [0.15, 0.2) is 31.0 Å². The van der Waals surface area contributed by atoms with E-state index in [-0.39, 0.29) is 6.42 Å². The Balaban J connectivity index is 2.75. The molecule has 1 heterocycles. The second-order valence-electron chi connectivity index (χ2n) is 2.67. The first-order valence-electron chi connectivity index (χ1n) is 4.06. The van der Waals surface area contributed by atoms with Gasteiger partial charge in [0.15, 0.2) is 12.7 Å². The van der Waals surface area contributed by atoms with Crippen molar-refractivity contribution in [2.45, 2.75) is 13.0 Å². The van der Waals surface area contributed by atoms with Crippen molar-refractivity contribution in [1.82, 2.24) is 0 Å². The molecule has 0 radical (unpaired) electrons. The molecule has 0 saturated heterocycles. The van der Waals surface area contributed by atoms with Crippen LogP contribution in [0.1, 0.15) is 12.1 Å². The van der Waals surface area contributed by atoms with E-state index < -0.39 is 5.97 Å². The topological polar surface area (TPSA) is 41.2 Å². The first-order chi connectivity index (χ1) is 6.24. The van der Waals surface area contributed by atoms with E-state index in [4.69, 9.17) is 5.11 Å². The molecule has 1 aromatic heterocycles. The van der Waals surface area contributed by atoms with Gasteiger partial charge < -0.3 is 5.11 Å². The Morgan fingerprint density at radius 3 is 3.00 bits per heavy atom. The number of aryl methyl sites for hydroxylation is 1. The summed E-state index contributed by atoms with van der Waals surface area (Å²) in [5.41, 5.74) is 0.934. The Labute approximate surface area is 77.0 Å². The van der Waals surface area contributed by atoms with Crippen molar-refractivity contribution in [3.05, 3.63) is 36.7 Å². The summed E-state index contributed by atoms with van der Waals surface area (Å²) in [6.07, 6.45) is 3.69. The molecule has 0 aliphatic rings. The Bertz CT molecular complexity index is 320. The number of nitrogens with zero attached hydrogens (tertiary/aromatic N) is 1. The maximum Gasteiger partial charge on any atom is 0.309 e. The van der Waals surface area contributed by atoms with Gasteiger partial charge in [-0.1, -0.05) is 6.58 Å². The van der Waals surface area contributed by atoms with Crippen LogP contribution in [0.4, 0.5) is 0 Å². The molecule has 1 aromatic rings. The highest BCUT2D eigenvalue weighted by Crippen LogP contribution is 1.93. The fourth-order valence-electron chi connectivity index (χ4n) is 1.09. The third-order valence-electron chi connectivity index (χ3n) is 1.75. The Hall–Kier alpha value is -1.64. The van der Waals surface area contributed by atoms with Crippen LogP contribution >= 0.6 is 0 Å². The fourth-order valence-corrected chi connectivity index (χ4v) is 1.09. The molecule has 0 saturated carbocycles. The number of carbonyl (C=O) groups is 1. The van der Waals surface area contributed by atoms with Gasteiger partial charge in [0, 0.05) is 18.2 Å². The van der Waals surface area contributed by atoms with E-state index >= 15 is 0 Å². The summed E-state index contributed by atoms with van der Waals surface area (Å²) in [6, 6.07) is 5.66. The second kappa shape index (κ2) is 4.40. The van der Waals surface area contributed by atoms with Crippen LogP contribution in [0.5, 0.6) is 0 Å². The van der Waals surface area contributed by atoms with Crippen molar-refractivity contribution in [2.24, 2.45) is 0 Å². The summed E-state index contributed by atoms with van der Waals surface area (Å²) >= 11 is 0. The minimum Gasteiger partial charge on any atom is -0.481 e. The van der Waals surface area contributed by atoms with Crippen molar-refractivity contribution in [1.29, 1.82) is 0 Å². The van der Waals surface area contributed by atoms with E-state index in [0.29, 0.717) is 6.54 Å². The van der Waals surface area contributed by atoms with E-state index in [9.17, 15) is 4.79 Å². The van der Waals surface area contributed by atoms with E-state index in [1.54, 1.807) is 6.08 Å². The lowest BCUT2D eigenvalue weighted by atomic mass is 10.3. The van der Waals surface area contributed by atoms with Crippen molar-refractivity contribution in [3.63, 3.8) is 0 Å². The highest BCUT2D eigenvalue weighted by atomic mass is 16.4. The summed E-state index contributed by atoms with van der Waals surface area (Å²) in [5.74, 6) is -0.786. The quantitative estimate of drug-likeness (QED) is 0.701. The molecule has 0 aliphatic carbocycles. The van der Waals surface area contributed by atoms with Gasteiger partial charge in [-0.05, 0) is 6.07 Å². The molecule has 68 valence electrons. The van der Waals surface area contributed by atoms with E-state index in [2.05, 4.69) is 6.58 Å². The average molecular weight is 178 g/mol. The van der Waals surface area contributed by atoms with Crippen LogP contribution in [0.25, 0.3) is 6.08 Å². The van der Waals surface area contributed by atoms with Gasteiger partial charge in [-0.3, -0.25) is 4.79 Å². The van der Waals surface area contributed by atoms with E-state index in [0.717, 1.165) is 5.69 Å². The highest BCUT2D eigenvalue weighted by Gasteiger charge is 2.07. The molecule has 3 nitrogen and oxygen atoms in total. The summed E-state index contributed by atoms with van der Waals surface area (Å²) < 4.78 is 1.86. The number of aromatic nitrogens is 1. The van der Waals surface area contributed by atoms with E-state index in [1.807, 2.05) is 29.0 Å². The van der Waals surface area contributed by atoms with Crippen LogP contribution in [0.3, 0.4) is 0 Å². The molecule has 1 rings (SSSR count). The molecule has 3 heteroatoms. The maximum atomic E-state index is 10.3. The Morgan fingerprint density at radius 2 is 2.38 bits per heavy atom. The van der Waals surface area contributed by atoms with Gasteiger partial charge in [0.1, 0.15) is 6.42 Å². The Morgan fingerprint density at radius 1 is 1.62 bits per heavy atom. The largest absolute Gasteiger partial charge is 0.481 e. The number of hydrogen-bond acceptors (Lipinski definition) is 1. The average Bonchev–Trinajstić information content (AvgIpc) is 2.15.